The Morgan fingerprint density at radius 3 is 2.69 bits per heavy atom. The molecule has 2 aliphatic heterocycles. The Labute approximate surface area is 81.7 Å². The molecule has 2 heteroatoms. The van der Waals surface area contributed by atoms with Crippen molar-refractivity contribution < 1.29 is 0 Å². The van der Waals surface area contributed by atoms with E-state index in [-0.39, 0.29) is 0 Å². The number of hydrogen-bond donors (Lipinski definition) is 1. The maximum atomic E-state index is 3.43. The van der Waals surface area contributed by atoms with E-state index >= 15 is 0 Å². The first-order valence-electron chi connectivity index (χ1n) is 5.70. The lowest BCUT2D eigenvalue weighted by Gasteiger charge is -2.52. The molecule has 2 heterocycles. The maximum absolute atomic E-state index is 3.43. The molecule has 13 heavy (non-hydrogen) atoms. The molecule has 0 radical (unpaired) electrons. The third-order valence-electron chi connectivity index (χ3n) is 4.00. The van der Waals surface area contributed by atoms with Crippen LogP contribution in [0.1, 0.15) is 26.7 Å². The van der Waals surface area contributed by atoms with Gasteiger partial charge in [0.25, 0.3) is 0 Å². The summed E-state index contributed by atoms with van der Waals surface area (Å²) in [7, 11) is 0. The minimum absolute atomic E-state index is 0.685. The van der Waals surface area contributed by atoms with Gasteiger partial charge in [-0.2, -0.15) is 0 Å². The molecule has 2 rings (SSSR count). The van der Waals surface area contributed by atoms with Crippen LogP contribution < -0.4 is 5.32 Å². The van der Waals surface area contributed by atoms with E-state index in [0.29, 0.717) is 5.41 Å². The van der Waals surface area contributed by atoms with Crippen LogP contribution in [0, 0.1) is 11.3 Å². The van der Waals surface area contributed by atoms with Gasteiger partial charge in [-0.05, 0) is 31.8 Å². The van der Waals surface area contributed by atoms with Crippen molar-refractivity contribution in [1.29, 1.82) is 0 Å². The number of hydrogen-bond acceptors (Lipinski definition) is 2. The number of rotatable bonds is 2. The predicted octanol–water partition coefficient (Wildman–Crippen LogP) is 1.33. The van der Waals surface area contributed by atoms with Crippen molar-refractivity contribution in [1.82, 2.24) is 10.2 Å². The molecule has 1 unspecified atom stereocenters. The molecule has 1 atom stereocenters. The molecule has 1 spiro atoms. The van der Waals surface area contributed by atoms with Crippen LogP contribution in [0.4, 0.5) is 0 Å². The van der Waals surface area contributed by atoms with E-state index in [1.54, 1.807) is 0 Å². The summed E-state index contributed by atoms with van der Waals surface area (Å²) in [4.78, 5) is 2.63. The van der Waals surface area contributed by atoms with Gasteiger partial charge in [-0.3, -0.25) is 0 Å². The lowest BCUT2D eigenvalue weighted by molar-refractivity contribution is -0.000000522. The smallest absolute Gasteiger partial charge is 0.00238 e. The second kappa shape index (κ2) is 3.58. The summed E-state index contributed by atoms with van der Waals surface area (Å²) in [6.45, 7) is 11.2. The van der Waals surface area contributed by atoms with E-state index < -0.39 is 0 Å². The van der Waals surface area contributed by atoms with Crippen LogP contribution in [0.5, 0.6) is 0 Å². The highest BCUT2D eigenvalue weighted by atomic mass is 15.2. The number of nitrogens with zero attached hydrogens (tertiary/aromatic N) is 1. The van der Waals surface area contributed by atoms with E-state index in [0.717, 1.165) is 5.92 Å². The molecule has 0 saturated carbocycles. The summed E-state index contributed by atoms with van der Waals surface area (Å²) in [5.74, 6) is 0.897. The average molecular weight is 182 g/mol. The van der Waals surface area contributed by atoms with Gasteiger partial charge >= 0.3 is 0 Å². The van der Waals surface area contributed by atoms with Crippen LogP contribution in [-0.2, 0) is 0 Å². The van der Waals surface area contributed by atoms with E-state index in [1.807, 2.05) is 0 Å². The summed E-state index contributed by atoms with van der Waals surface area (Å²) in [5.41, 5.74) is 0.685. The molecule has 1 N–H and O–H groups in total. The van der Waals surface area contributed by atoms with Crippen molar-refractivity contribution in [2.75, 3.05) is 32.7 Å². The van der Waals surface area contributed by atoms with Gasteiger partial charge in [-0.15, -0.1) is 0 Å². The Bertz CT molecular complexity index is 175. The van der Waals surface area contributed by atoms with Gasteiger partial charge in [0.05, 0.1) is 0 Å². The van der Waals surface area contributed by atoms with Gasteiger partial charge in [0.1, 0.15) is 0 Å². The SMILES string of the molecule is CCCN1CCC2(CNC2)C(C)C1. The lowest BCUT2D eigenvalue weighted by atomic mass is 9.67. The van der Waals surface area contributed by atoms with Gasteiger partial charge in [0.15, 0.2) is 0 Å². The van der Waals surface area contributed by atoms with Crippen LogP contribution >= 0.6 is 0 Å². The Balaban J connectivity index is 1.88. The first kappa shape index (κ1) is 9.47. The van der Waals surface area contributed by atoms with Crippen molar-refractivity contribution in [2.24, 2.45) is 11.3 Å². The standard InChI is InChI=1S/C11H22N2/c1-3-5-13-6-4-11(8-12-9-11)10(2)7-13/h10,12H,3-9H2,1-2H3. The topological polar surface area (TPSA) is 15.3 Å². The van der Waals surface area contributed by atoms with E-state index in [2.05, 4.69) is 24.1 Å². The fourth-order valence-electron chi connectivity index (χ4n) is 2.79. The van der Waals surface area contributed by atoms with Gasteiger partial charge in [-0.1, -0.05) is 13.8 Å². The van der Waals surface area contributed by atoms with Crippen LogP contribution in [0.3, 0.4) is 0 Å². The molecule has 2 saturated heterocycles. The summed E-state index contributed by atoms with van der Waals surface area (Å²) < 4.78 is 0. The fraction of sp³-hybridized carbons (Fsp3) is 1.00. The molecule has 76 valence electrons. The predicted molar refractivity (Wildman–Crippen MR) is 55.8 cm³/mol. The Hall–Kier alpha value is -0.0800. The lowest BCUT2D eigenvalue weighted by Crippen LogP contribution is -2.62. The molecule has 0 amide bonds. The fourth-order valence-corrected chi connectivity index (χ4v) is 2.79. The van der Waals surface area contributed by atoms with Crippen LogP contribution in [0.2, 0.25) is 0 Å². The maximum Gasteiger partial charge on any atom is 0.00238 e. The largest absolute Gasteiger partial charge is 0.316 e. The summed E-state index contributed by atoms with van der Waals surface area (Å²) in [5, 5.41) is 3.43. The molecule has 0 aromatic heterocycles. The molecule has 0 aliphatic carbocycles. The van der Waals surface area contributed by atoms with Gasteiger partial charge in [0.2, 0.25) is 0 Å². The van der Waals surface area contributed by atoms with Crippen LogP contribution in [0.15, 0.2) is 0 Å². The molecule has 0 aromatic rings. The minimum atomic E-state index is 0.685. The second-order valence-electron chi connectivity index (χ2n) is 4.92. The average Bonchev–Trinajstić information content (AvgIpc) is 2.02. The summed E-state index contributed by atoms with van der Waals surface area (Å²) in [6.07, 6.45) is 2.72. The van der Waals surface area contributed by atoms with E-state index in [1.165, 1.54) is 45.6 Å². The monoisotopic (exact) mass is 182 g/mol. The Morgan fingerprint density at radius 1 is 1.46 bits per heavy atom. The van der Waals surface area contributed by atoms with Crippen molar-refractivity contribution >= 4 is 0 Å². The normalized spacial score (nSPS) is 33.2. The third kappa shape index (κ3) is 1.62. The Kier molecular flexibility index (Phi) is 2.61. The van der Waals surface area contributed by atoms with Crippen molar-refractivity contribution in [2.45, 2.75) is 26.7 Å². The minimum Gasteiger partial charge on any atom is -0.316 e. The highest BCUT2D eigenvalue weighted by Gasteiger charge is 2.44. The first-order valence-corrected chi connectivity index (χ1v) is 5.70. The van der Waals surface area contributed by atoms with Crippen LogP contribution in [-0.4, -0.2) is 37.6 Å². The van der Waals surface area contributed by atoms with E-state index in [9.17, 15) is 0 Å². The van der Waals surface area contributed by atoms with E-state index in [4.69, 9.17) is 0 Å². The Morgan fingerprint density at radius 2 is 2.23 bits per heavy atom. The molecule has 0 aromatic carbocycles. The molecule has 0 bridgehead atoms. The second-order valence-corrected chi connectivity index (χ2v) is 4.92. The summed E-state index contributed by atoms with van der Waals surface area (Å²) >= 11 is 0. The van der Waals surface area contributed by atoms with Gasteiger partial charge in [0, 0.05) is 25.0 Å². The van der Waals surface area contributed by atoms with Crippen molar-refractivity contribution in [3.63, 3.8) is 0 Å². The molecule has 2 fully saturated rings. The third-order valence-corrected chi connectivity index (χ3v) is 4.00. The molecular weight excluding hydrogens is 160 g/mol. The zero-order valence-electron chi connectivity index (χ0n) is 8.97. The zero-order valence-corrected chi connectivity index (χ0v) is 8.97. The van der Waals surface area contributed by atoms with Crippen molar-refractivity contribution in [3.05, 3.63) is 0 Å². The molecule has 2 aliphatic rings. The number of nitrogens with one attached hydrogen (secondary N) is 1. The highest BCUT2D eigenvalue weighted by Crippen LogP contribution is 2.39. The van der Waals surface area contributed by atoms with Crippen LogP contribution in [0.25, 0.3) is 0 Å². The van der Waals surface area contributed by atoms with Gasteiger partial charge in [-0.25, -0.2) is 0 Å². The van der Waals surface area contributed by atoms with Gasteiger partial charge < -0.3 is 10.2 Å². The molecular formula is C11H22N2. The summed E-state index contributed by atoms with van der Waals surface area (Å²) in [6, 6.07) is 0. The first-order chi connectivity index (χ1) is 6.27. The van der Waals surface area contributed by atoms with Crippen molar-refractivity contribution in [3.8, 4) is 0 Å². The molecule has 2 nitrogen and oxygen atoms in total. The quantitative estimate of drug-likeness (QED) is 0.693. The highest BCUT2D eigenvalue weighted by molar-refractivity contribution is 4.99. The zero-order chi connectivity index (χ0) is 9.31. The number of piperidine rings is 1. The number of likely N-dealkylation sites (tertiary alicyclic amines) is 1.